The minimum Gasteiger partial charge on any atom is -0.456 e. The van der Waals surface area contributed by atoms with Crippen molar-refractivity contribution in [3.05, 3.63) is 205 Å². The average molecular weight is 703 g/mol. The number of nitrogens with zero attached hydrogens (tertiary/aromatic N) is 2. The third-order valence-electron chi connectivity index (χ3n) is 11.6. The first-order valence-electron chi connectivity index (χ1n) is 18.8. The molecular weight excluding hydrogens is 669 g/mol. The fourth-order valence-electron chi connectivity index (χ4n) is 8.76. The minimum atomic E-state index is -0.307. The van der Waals surface area contributed by atoms with Crippen molar-refractivity contribution in [3.8, 4) is 56.2 Å². The van der Waals surface area contributed by atoms with Crippen LogP contribution in [0.1, 0.15) is 23.6 Å². The smallest absolute Gasteiger partial charge is 0.161 e. The summed E-state index contributed by atoms with van der Waals surface area (Å²) in [7, 11) is 0. The molecule has 8 aromatic carbocycles. The van der Waals surface area contributed by atoms with Crippen molar-refractivity contribution < 1.29 is 4.42 Å². The van der Waals surface area contributed by atoms with Gasteiger partial charge in [0, 0.05) is 32.9 Å². The summed E-state index contributed by atoms with van der Waals surface area (Å²) in [6.45, 7) is 2.36. The van der Waals surface area contributed by atoms with Gasteiger partial charge in [0.05, 0.1) is 11.4 Å². The first-order chi connectivity index (χ1) is 27.1. The largest absolute Gasteiger partial charge is 0.456 e. The third kappa shape index (κ3) is 4.97. The quantitative estimate of drug-likeness (QED) is 0.179. The van der Waals surface area contributed by atoms with E-state index in [9.17, 15) is 0 Å². The second kappa shape index (κ2) is 12.2. The molecule has 0 spiro atoms. The molecule has 11 rings (SSSR count). The Labute approximate surface area is 319 Å². The summed E-state index contributed by atoms with van der Waals surface area (Å²) in [5, 5.41) is 4.56. The average Bonchev–Trinajstić information content (AvgIpc) is 3.76. The van der Waals surface area contributed by atoms with Crippen LogP contribution in [0.3, 0.4) is 0 Å². The fourth-order valence-corrected chi connectivity index (χ4v) is 8.76. The minimum absolute atomic E-state index is 0.307. The van der Waals surface area contributed by atoms with E-state index in [0.717, 1.165) is 71.9 Å². The van der Waals surface area contributed by atoms with Crippen molar-refractivity contribution in [1.29, 1.82) is 0 Å². The highest BCUT2D eigenvalue weighted by Crippen LogP contribution is 2.53. The SMILES string of the molecule is CC1(c2ccccc2)c2ccccc2-c2ccc(-c3cc(-c4ccc(-c5ccc6c(c5)oc5ccccc56)cc4)nc(-c4cccc5ccccc45)n3)cc21. The molecule has 0 saturated carbocycles. The summed E-state index contributed by atoms with van der Waals surface area (Å²) in [4.78, 5) is 10.6. The van der Waals surface area contributed by atoms with Gasteiger partial charge in [-0.2, -0.15) is 0 Å². The van der Waals surface area contributed by atoms with E-state index in [1.54, 1.807) is 0 Å². The third-order valence-corrected chi connectivity index (χ3v) is 11.6. The standard InChI is InChI=1S/C52H34N2O/c1-52(38-14-3-2-4-15-38)45-20-9-7-17-40(45)41-28-27-37(30-46(41)52)48-32-47(53-51(54-48)44-19-11-13-34-12-5-6-16-39(34)44)35-24-22-33(23-25-35)36-26-29-43-42-18-8-10-21-49(42)55-50(43)31-36/h2-32H,1H3. The van der Waals surface area contributed by atoms with Gasteiger partial charge in [0.25, 0.3) is 0 Å². The molecule has 3 heteroatoms. The van der Waals surface area contributed by atoms with E-state index in [-0.39, 0.29) is 5.41 Å². The van der Waals surface area contributed by atoms with E-state index in [4.69, 9.17) is 14.4 Å². The van der Waals surface area contributed by atoms with Gasteiger partial charge in [0.1, 0.15) is 11.2 Å². The predicted molar refractivity (Wildman–Crippen MR) is 226 cm³/mol. The number of fused-ring (bicyclic) bond motifs is 7. The molecule has 0 amide bonds. The fraction of sp³-hybridized carbons (Fsp3) is 0.0385. The lowest BCUT2D eigenvalue weighted by atomic mass is 9.74. The zero-order valence-corrected chi connectivity index (χ0v) is 30.2. The van der Waals surface area contributed by atoms with Gasteiger partial charge >= 0.3 is 0 Å². The number of furan rings is 1. The second-order valence-electron chi connectivity index (χ2n) is 14.7. The van der Waals surface area contributed by atoms with Crippen LogP contribution in [-0.2, 0) is 5.41 Å². The van der Waals surface area contributed by atoms with Crippen LogP contribution in [0.4, 0.5) is 0 Å². The van der Waals surface area contributed by atoms with Gasteiger partial charge in [0.15, 0.2) is 5.82 Å². The van der Waals surface area contributed by atoms with Gasteiger partial charge < -0.3 is 4.42 Å². The molecule has 0 aliphatic heterocycles. The van der Waals surface area contributed by atoms with Crippen molar-refractivity contribution in [2.75, 3.05) is 0 Å². The Kier molecular flexibility index (Phi) is 6.99. The molecule has 10 aromatic rings. The molecule has 0 saturated heterocycles. The normalized spacial score (nSPS) is 14.7. The zero-order valence-electron chi connectivity index (χ0n) is 30.2. The summed E-state index contributed by atoms with van der Waals surface area (Å²) in [6.07, 6.45) is 0. The monoisotopic (exact) mass is 702 g/mol. The Bertz CT molecular complexity index is 3100. The summed E-state index contributed by atoms with van der Waals surface area (Å²) in [5.41, 5.74) is 15.0. The molecule has 1 atom stereocenters. The summed E-state index contributed by atoms with van der Waals surface area (Å²) < 4.78 is 6.22. The van der Waals surface area contributed by atoms with Crippen LogP contribution >= 0.6 is 0 Å². The van der Waals surface area contributed by atoms with Crippen molar-refractivity contribution >= 4 is 32.7 Å². The van der Waals surface area contributed by atoms with E-state index in [1.807, 2.05) is 12.1 Å². The van der Waals surface area contributed by atoms with Gasteiger partial charge in [-0.15, -0.1) is 0 Å². The maximum absolute atomic E-state index is 6.22. The van der Waals surface area contributed by atoms with Crippen LogP contribution in [0, 0.1) is 0 Å². The van der Waals surface area contributed by atoms with Crippen LogP contribution in [0.25, 0.3) is 88.9 Å². The van der Waals surface area contributed by atoms with Gasteiger partial charge in [-0.25, -0.2) is 9.97 Å². The summed E-state index contributed by atoms with van der Waals surface area (Å²) in [6, 6.07) is 66.9. The van der Waals surface area contributed by atoms with Crippen molar-refractivity contribution in [1.82, 2.24) is 9.97 Å². The number of benzene rings is 8. The maximum Gasteiger partial charge on any atom is 0.161 e. The lowest BCUT2D eigenvalue weighted by molar-refractivity contribution is 0.669. The molecule has 0 N–H and O–H groups in total. The molecule has 2 aromatic heterocycles. The molecule has 258 valence electrons. The first-order valence-corrected chi connectivity index (χ1v) is 18.8. The molecule has 3 nitrogen and oxygen atoms in total. The van der Waals surface area contributed by atoms with E-state index >= 15 is 0 Å². The van der Waals surface area contributed by atoms with E-state index in [2.05, 4.69) is 183 Å². The number of hydrogen-bond donors (Lipinski definition) is 0. The number of hydrogen-bond acceptors (Lipinski definition) is 3. The molecule has 1 aliphatic carbocycles. The number of aromatic nitrogens is 2. The molecular formula is C52H34N2O. The Hall–Kier alpha value is -7.10. The highest BCUT2D eigenvalue weighted by molar-refractivity contribution is 6.06. The number of rotatable bonds is 5. The Morgan fingerprint density at radius 1 is 0.400 bits per heavy atom. The lowest BCUT2D eigenvalue weighted by Gasteiger charge is -2.28. The van der Waals surface area contributed by atoms with E-state index in [1.165, 1.54) is 27.8 Å². The summed E-state index contributed by atoms with van der Waals surface area (Å²) in [5.74, 6) is 0.707. The Balaban J connectivity index is 1.06. The molecule has 1 unspecified atom stereocenters. The van der Waals surface area contributed by atoms with Crippen LogP contribution in [-0.4, -0.2) is 9.97 Å². The van der Waals surface area contributed by atoms with Crippen LogP contribution in [0.2, 0.25) is 0 Å². The van der Waals surface area contributed by atoms with Gasteiger partial charge in [-0.05, 0) is 87.0 Å². The Morgan fingerprint density at radius 3 is 1.89 bits per heavy atom. The lowest BCUT2D eigenvalue weighted by Crippen LogP contribution is -2.22. The van der Waals surface area contributed by atoms with Gasteiger partial charge in [0.2, 0.25) is 0 Å². The highest BCUT2D eigenvalue weighted by Gasteiger charge is 2.40. The van der Waals surface area contributed by atoms with Crippen molar-refractivity contribution in [3.63, 3.8) is 0 Å². The van der Waals surface area contributed by atoms with Gasteiger partial charge in [-0.1, -0.05) is 158 Å². The van der Waals surface area contributed by atoms with Gasteiger partial charge in [-0.3, -0.25) is 0 Å². The van der Waals surface area contributed by atoms with E-state index < -0.39 is 0 Å². The molecule has 2 heterocycles. The molecule has 0 fully saturated rings. The zero-order chi connectivity index (χ0) is 36.5. The Morgan fingerprint density at radius 2 is 1.02 bits per heavy atom. The van der Waals surface area contributed by atoms with Crippen molar-refractivity contribution in [2.45, 2.75) is 12.3 Å². The van der Waals surface area contributed by atoms with Crippen LogP contribution in [0.15, 0.2) is 192 Å². The summed E-state index contributed by atoms with van der Waals surface area (Å²) >= 11 is 0. The topological polar surface area (TPSA) is 38.9 Å². The molecule has 1 aliphatic rings. The second-order valence-corrected chi connectivity index (χ2v) is 14.7. The maximum atomic E-state index is 6.22. The molecule has 55 heavy (non-hydrogen) atoms. The molecule has 0 radical (unpaired) electrons. The van der Waals surface area contributed by atoms with E-state index in [0.29, 0.717) is 5.82 Å². The first kappa shape index (κ1) is 31.4. The number of para-hydroxylation sites is 1. The van der Waals surface area contributed by atoms with Crippen molar-refractivity contribution in [2.24, 2.45) is 0 Å². The molecule has 0 bridgehead atoms. The predicted octanol–water partition coefficient (Wildman–Crippen LogP) is 13.5. The van der Waals surface area contributed by atoms with Crippen LogP contribution < -0.4 is 0 Å². The highest BCUT2D eigenvalue weighted by atomic mass is 16.3. The van der Waals surface area contributed by atoms with Crippen LogP contribution in [0.5, 0.6) is 0 Å².